The van der Waals surface area contributed by atoms with Crippen LogP contribution in [0.3, 0.4) is 0 Å². The van der Waals surface area contributed by atoms with Crippen LogP contribution in [0.1, 0.15) is 24.4 Å². The third-order valence-corrected chi connectivity index (χ3v) is 2.54. The molecule has 0 fully saturated rings. The molecule has 0 radical (unpaired) electrons. The van der Waals surface area contributed by atoms with Crippen LogP contribution in [-0.4, -0.2) is 21.7 Å². The first kappa shape index (κ1) is 11.7. The number of likely N-dealkylation sites (N-methyl/N-ethyl adjacent to an activating group) is 1. The Labute approximate surface area is 99.3 Å². The van der Waals surface area contributed by atoms with Gasteiger partial charge < -0.3 is 5.32 Å². The molecule has 0 saturated heterocycles. The topological polar surface area (TPSA) is 53.6 Å². The van der Waals surface area contributed by atoms with Gasteiger partial charge in [-0.15, -0.1) is 0 Å². The van der Waals surface area contributed by atoms with Crippen molar-refractivity contribution >= 4 is 0 Å². The lowest BCUT2D eigenvalue weighted by molar-refractivity contribution is 0.521. The average Bonchev–Trinajstić information content (AvgIpc) is 2.82. The summed E-state index contributed by atoms with van der Waals surface area (Å²) in [5.74, 6) is 0.562. The molecule has 0 bridgehead atoms. The summed E-state index contributed by atoms with van der Waals surface area (Å²) < 4.78 is 13.1. The van der Waals surface area contributed by atoms with Gasteiger partial charge in [-0.1, -0.05) is 19.1 Å². The Balaban J connectivity index is 2.13. The number of hydrogen-bond acceptors (Lipinski definition) is 3. The lowest BCUT2D eigenvalue weighted by Gasteiger charge is -2.15. The Morgan fingerprint density at radius 1 is 1.47 bits per heavy atom. The third kappa shape index (κ3) is 3.10. The second-order valence-corrected chi connectivity index (χ2v) is 3.82. The minimum atomic E-state index is -0.213. The summed E-state index contributed by atoms with van der Waals surface area (Å²) in [6, 6.07) is 6.64. The van der Waals surface area contributed by atoms with Crippen LogP contribution in [0, 0.1) is 5.82 Å². The Kier molecular flexibility index (Phi) is 3.82. The van der Waals surface area contributed by atoms with E-state index >= 15 is 0 Å². The van der Waals surface area contributed by atoms with Crippen LogP contribution in [0.4, 0.5) is 4.39 Å². The molecular weight excluding hydrogens is 219 g/mol. The summed E-state index contributed by atoms with van der Waals surface area (Å²) in [6.45, 7) is 2.84. The van der Waals surface area contributed by atoms with E-state index in [1.165, 1.54) is 12.4 Å². The van der Waals surface area contributed by atoms with Gasteiger partial charge in [0.15, 0.2) is 0 Å². The molecule has 90 valence electrons. The molecule has 1 unspecified atom stereocenters. The lowest BCUT2D eigenvalue weighted by Crippen LogP contribution is -2.24. The lowest BCUT2D eigenvalue weighted by atomic mass is 10.1. The minimum absolute atomic E-state index is 0.0318. The molecule has 0 aliphatic heterocycles. The van der Waals surface area contributed by atoms with Gasteiger partial charge in [-0.05, 0) is 30.7 Å². The van der Waals surface area contributed by atoms with E-state index in [1.54, 1.807) is 12.1 Å². The molecule has 1 aromatic carbocycles. The second kappa shape index (κ2) is 5.54. The third-order valence-electron chi connectivity index (χ3n) is 2.54. The van der Waals surface area contributed by atoms with E-state index in [9.17, 15) is 4.39 Å². The molecule has 2 rings (SSSR count). The van der Waals surface area contributed by atoms with Crippen LogP contribution in [0.25, 0.3) is 0 Å². The maximum Gasteiger partial charge on any atom is 0.141 e. The monoisotopic (exact) mass is 234 g/mol. The van der Waals surface area contributed by atoms with Crippen LogP contribution in [0.2, 0.25) is 0 Å². The van der Waals surface area contributed by atoms with Gasteiger partial charge in [0, 0.05) is 0 Å². The summed E-state index contributed by atoms with van der Waals surface area (Å²) in [7, 11) is 0. The molecule has 0 amide bonds. The summed E-state index contributed by atoms with van der Waals surface area (Å²) in [5, 5.41) is 9.97. The SMILES string of the molecule is CCNC(Cc1cccc(F)c1)c1ncn[nH]1. The number of nitrogens with zero attached hydrogens (tertiary/aromatic N) is 2. The maximum absolute atomic E-state index is 13.1. The summed E-state index contributed by atoms with van der Waals surface area (Å²) in [5.41, 5.74) is 0.937. The van der Waals surface area contributed by atoms with Crippen molar-refractivity contribution in [2.24, 2.45) is 0 Å². The molecular formula is C12H15FN4. The average molecular weight is 234 g/mol. The quantitative estimate of drug-likeness (QED) is 0.830. The number of benzene rings is 1. The van der Waals surface area contributed by atoms with E-state index in [4.69, 9.17) is 0 Å². The molecule has 1 aromatic heterocycles. The fourth-order valence-corrected chi connectivity index (χ4v) is 1.79. The molecule has 0 aliphatic rings. The van der Waals surface area contributed by atoms with Crippen LogP contribution in [0.5, 0.6) is 0 Å². The predicted octanol–water partition coefficient (Wildman–Crippen LogP) is 1.84. The van der Waals surface area contributed by atoms with Crippen LogP contribution < -0.4 is 5.32 Å². The Hall–Kier alpha value is -1.75. The van der Waals surface area contributed by atoms with Crippen molar-refractivity contribution in [3.05, 3.63) is 47.8 Å². The van der Waals surface area contributed by atoms with Gasteiger partial charge in [-0.25, -0.2) is 9.37 Å². The highest BCUT2D eigenvalue weighted by atomic mass is 19.1. The van der Waals surface area contributed by atoms with Crippen molar-refractivity contribution in [3.8, 4) is 0 Å². The highest BCUT2D eigenvalue weighted by Crippen LogP contribution is 2.15. The Morgan fingerprint density at radius 3 is 3.00 bits per heavy atom. The van der Waals surface area contributed by atoms with Crippen LogP contribution in [-0.2, 0) is 6.42 Å². The maximum atomic E-state index is 13.1. The van der Waals surface area contributed by atoms with E-state index in [2.05, 4.69) is 20.5 Å². The molecule has 1 atom stereocenters. The van der Waals surface area contributed by atoms with E-state index in [0.717, 1.165) is 17.9 Å². The number of nitrogens with one attached hydrogen (secondary N) is 2. The number of hydrogen-bond donors (Lipinski definition) is 2. The number of aromatic amines is 1. The first-order chi connectivity index (χ1) is 8.29. The molecule has 2 aromatic rings. The summed E-state index contributed by atoms with van der Waals surface area (Å²) >= 11 is 0. The highest BCUT2D eigenvalue weighted by Gasteiger charge is 2.13. The molecule has 1 heterocycles. The van der Waals surface area contributed by atoms with Gasteiger partial charge in [0.05, 0.1) is 6.04 Å². The smallest absolute Gasteiger partial charge is 0.141 e. The van der Waals surface area contributed by atoms with E-state index in [0.29, 0.717) is 6.42 Å². The molecule has 4 nitrogen and oxygen atoms in total. The van der Waals surface area contributed by atoms with Gasteiger partial charge in [0.25, 0.3) is 0 Å². The van der Waals surface area contributed by atoms with Gasteiger partial charge in [0.2, 0.25) is 0 Å². The zero-order chi connectivity index (χ0) is 12.1. The fourth-order valence-electron chi connectivity index (χ4n) is 1.79. The van der Waals surface area contributed by atoms with Crippen molar-refractivity contribution in [1.29, 1.82) is 0 Å². The molecule has 0 spiro atoms. The number of H-pyrrole nitrogens is 1. The Morgan fingerprint density at radius 2 is 2.35 bits per heavy atom. The summed E-state index contributed by atoms with van der Waals surface area (Å²) in [4.78, 5) is 4.13. The van der Waals surface area contributed by atoms with Gasteiger partial charge in [-0.2, -0.15) is 5.10 Å². The van der Waals surface area contributed by atoms with E-state index in [1.807, 2.05) is 13.0 Å². The molecule has 0 aliphatic carbocycles. The molecule has 0 saturated carbocycles. The number of aromatic nitrogens is 3. The second-order valence-electron chi connectivity index (χ2n) is 3.82. The van der Waals surface area contributed by atoms with E-state index < -0.39 is 0 Å². The van der Waals surface area contributed by atoms with Crippen LogP contribution in [0.15, 0.2) is 30.6 Å². The van der Waals surface area contributed by atoms with Gasteiger partial charge in [-0.3, -0.25) is 5.10 Å². The van der Waals surface area contributed by atoms with Gasteiger partial charge in [0.1, 0.15) is 18.0 Å². The number of rotatable bonds is 5. The first-order valence-corrected chi connectivity index (χ1v) is 5.62. The largest absolute Gasteiger partial charge is 0.307 e. The standard InChI is InChI=1S/C12H15FN4/c1-2-14-11(12-15-8-16-17-12)7-9-4-3-5-10(13)6-9/h3-6,8,11,14H,2,7H2,1H3,(H,15,16,17). The minimum Gasteiger partial charge on any atom is -0.307 e. The van der Waals surface area contributed by atoms with Crippen molar-refractivity contribution in [2.45, 2.75) is 19.4 Å². The van der Waals surface area contributed by atoms with E-state index in [-0.39, 0.29) is 11.9 Å². The van der Waals surface area contributed by atoms with Crippen molar-refractivity contribution < 1.29 is 4.39 Å². The Bertz CT molecular complexity index is 455. The normalized spacial score (nSPS) is 12.6. The first-order valence-electron chi connectivity index (χ1n) is 5.62. The zero-order valence-electron chi connectivity index (χ0n) is 9.65. The predicted molar refractivity (Wildman–Crippen MR) is 62.9 cm³/mol. The van der Waals surface area contributed by atoms with Crippen LogP contribution >= 0.6 is 0 Å². The molecule has 5 heteroatoms. The van der Waals surface area contributed by atoms with Crippen molar-refractivity contribution in [1.82, 2.24) is 20.5 Å². The number of halogens is 1. The highest BCUT2D eigenvalue weighted by molar-refractivity contribution is 5.18. The molecule has 2 N–H and O–H groups in total. The fraction of sp³-hybridized carbons (Fsp3) is 0.333. The summed E-state index contributed by atoms with van der Waals surface area (Å²) in [6.07, 6.45) is 2.16. The van der Waals surface area contributed by atoms with Crippen molar-refractivity contribution in [3.63, 3.8) is 0 Å². The molecule has 17 heavy (non-hydrogen) atoms. The van der Waals surface area contributed by atoms with Gasteiger partial charge >= 0.3 is 0 Å². The van der Waals surface area contributed by atoms with Crippen molar-refractivity contribution in [2.75, 3.05) is 6.54 Å². The zero-order valence-corrected chi connectivity index (χ0v) is 9.65.